The molecule has 114 valence electrons. The summed E-state index contributed by atoms with van der Waals surface area (Å²) >= 11 is 6.10. The summed E-state index contributed by atoms with van der Waals surface area (Å²) in [4.78, 5) is 0. The number of hydrogen-bond acceptors (Lipinski definition) is 4. The molecule has 2 aromatic rings. The Hall–Kier alpha value is -1.88. The van der Waals surface area contributed by atoms with Gasteiger partial charge in [0.15, 0.2) is 0 Å². The van der Waals surface area contributed by atoms with Crippen LogP contribution in [0.3, 0.4) is 0 Å². The van der Waals surface area contributed by atoms with Crippen LogP contribution in [0.25, 0.3) is 0 Å². The van der Waals surface area contributed by atoms with Gasteiger partial charge in [0.05, 0.1) is 42.9 Å². The lowest BCUT2D eigenvalue weighted by Gasteiger charge is -2.14. The molecule has 0 atom stereocenters. The molecule has 6 heteroatoms. The number of methoxy groups -OCH3 is 2. The van der Waals surface area contributed by atoms with Crippen molar-refractivity contribution in [3.63, 3.8) is 0 Å². The van der Waals surface area contributed by atoms with Gasteiger partial charge in [0.25, 0.3) is 0 Å². The molecule has 5 nitrogen and oxygen atoms in total. The summed E-state index contributed by atoms with van der Waals surface area (Å²) < 4.78 is 12.5. The molecular weight excluding hydrogens is 290 g/mol. The Kier molecular flexibility index (Phi) is 4.96. The Balaban J connectivity index is 2.20. The van der Waals surface area contributed by atoms with E-state index in [0.29, 0.717) is 23.1 Å². The van der Waals surface area contributed by atoms with E-state index in [9.17, 15) is 0 Å². The number of aryl methyl sites for hydroxylation is 2. The molecule has 21 heavy (non-hydrogen) atoms. The SMILES string of the molecule is CCc1cc(CNc2cc(OC)c(Cl)cc2OC)n(C)n1. The van der Waals surface area contributed by atoms with Gasteiger partial charge < -0.3 is 14.8 Å². The molecule has 0 bridgehead atoms. The second-order valence-electron chi connectivity index (χ2n) is 4.64. The summed E-state index contributed by atoms with van der Waals surface area (Å²) in [5.41, 5.74) is 3.01. The topological polar surface area (TPSA) is 48.3 Å². The quantitative estimate of drug-likeness (QED) is 0.889. The maximum atomic E-state index is 6.10. The fraction of sp³-hybridized carbons (Fsp3) is 0.400. The van der Waals surface area contributed by atoms with Crippen LogP contribution in [0.1, 0.15) is 18.3 Å². The summed E-state index contributed by atoms with van der Waals surface area (Å²) in [5, 5.41) is 8.29. The third-order valence-electron chi connectivity index (χ3n) is 3.32. The molecular formula is C15H20ClN3O2. The molecule has 1 aromatic heterocycles. The third kappa shape index (κ3) is 3.42. The van der Waals surface area contributed by atoms with Crippen molar-refractivity contribution in [3.05, 3.63) is 34.6 Å². The van der Waals surface area contributed by atoms with Crippen LogP contribution in [0, 0.1) is 0 Å². The molecule has 1 aromatic carbocycles. The first-order chi connectivity index (χ1) is 10.1. The standard InChI is InChI=1S/C15H20ClN3O2/c1-5-10-6-11(19(2)18-10)9-17-13-8-14(20-3)12(16)7-15(13)21-4/h6-8,17H,5,9H2,1-4H3. The number of nitrogens with zero attached hydrogens (tertiary/aromatic N) is 2. The molecule has 0 saturated heterocycles. The minimum absolute atomic E-state index is 0.522. The maximum Gasteiger partial charge on any atom is 0.143 e. The highest BCUT2D eigenvalue weighted by Crippen LogP contribution is 2.36. The van der Waals surface area contributed by atoms with Crippen LogP contribution in [-0.4, -0.2) is 24.0 Å². The van der Waals surface area contributed by atoms with Crippen molar-refractivity contribution in [2.45, 2.75) is 19.9 Å². The van der Waals surface area contributed by atoms with Crippen LogP contribution in [-0.2, 0) is 20.0 Å². The number of nitrogens with one attached hydrogen (secondary N) is 1. The Labute approximate surface area is 129 Å². The summed E-state index contributed by atoms with van der Waals surface area (Å²) in [7, 11) is 5.14. The number of hydrogen-bond donors (Lipinski definition) is 1. The number of rotatable bonds is 6. The molecule has 1 N–H and O–H groups in total. The number of aromatic nitrogens is 2. The lowest BCUT2D eigenvalue weighted by Crippen LogP contribution is -2.06. The Bertz CT molecular complexity index is 626. The van der Waals surface area contributed by atoms with E-state index in [1.54, 1.807) is 20.3 Å². The fourth-order valence-electron chi connectivity index (χ4n) is 2.09. The number of anilines is 1. The van der Waals surface area contributed by atoms with Gasteiger partial charge in [-0.1, -0.05) is 18.5 Å². The number of halogens is 1. The molecule has 0 aliphatic heterocycles. The number of ether oxygens (including phenoxy) is 2. The van der Waals surface area contributed by atoms with E-state index >= 15 is 0 Å². The predicted octanol–water partition coefficient (Wildman–Crippen LogP) is 3.27. The van der Waals surface area contributed by atoms with E-state index in [4.69, 9.17) is 21.1 Å². The first kappa shape index (κ1) is 15.5. The summed E-state index contributed by atoms with van der Waals surface area (Å²) in [6, 6.07) is 5.66. The molecule has 1 heterocycles. The van der Waals surface area contributed by atoms with E-state index < -0.39 is 0 Å². The minimum atomic E-state index is 0.522. The molecule has 0 amide bonds. The highest BCUT2D eigenvalue weighted by molar-refractivity contribution is 6.32. The molecule has 2 rings (SSSR count). The summed E-state index contributed by atoms with van der Waals surface area (Å²) in [5.74, 6) is 1.29. The van der Waals surface area contributed by atoms with E-state index in [1.807, 2.05) is 17.8 Å². The lowest BCUT2D eigenvalue weighted by atomic mass is 10.2. The maximum absolute atomic E-state index is 6.10. The first-order valence-electron chi connectivity index (χ1n) is 6.76. The van der Waals surface area contributed by atoms with Crippen LogP contribution < -0.4 is 14.8 Å². The second-order valence-corrected chi connectivity index (χ2v) is 5.05. The van der Waals surface area contributed by atoms with Gasteiger partial charge in [-0.25, -0.2) is 0 Å². The van der Waals surface area contributed by atoms with Crippen molar-refractivity contribution in [2.75, 3.05) is 19.5 Å². The molecule has 0 unspecified atom stereocenters. The number of benzene rings is 1. The van der Waals surface area contributed by atoms with Crippen molar-refractivity contribution >= 4 is 17.3 Å². The van der Waals surface area contributed by atoms with Crippen LogP contribution >= 0.6 is 11.6 Å². The van der Waals surface area contributed by atoms with Gasteiger partial charge in [-0.05, 0) is 12.5 Å². The van der Waals surface area contributed by atoms with Gasteiger partial charge in [0.2, 0.25) is 0 Å². The van der Waals surface area contributed by atoms with Gasteiger partial charge >= 0.3 is 0 Å². The Morgan fingerprint density at radius 3 is 2.48 bits per heavy atom. The molecule has 0 aliphatic carbocycles. The largest absolute Gasteiger partial charge is 0.495 e. The van der Waals surface area contributed by atoms with E-state index in [-0.39, 0.29) is 0 Å². The van der Waals surface area contributed by atoms with Gasteiger partial charge in [-0.2, -0.15) is 5.10 Å². The molecule has 0 fully saturated rings. The predicted molar refractivity (Wildman–Crippen MR) is 84.5 cm³/mol. The fourth-order valence-corrected chi connectivity index (χ4v) is 2.32. The average molecular weight is 310 g/mol. The zero-order valence-corrected chi connectivity index (χ0v) is 13.5. The van der Waals surface area contributed by atoms with Crippen LogP contribution in [0.15, 0.2) is 18.2 Å². The Morgan fingerprint density at radius 2 is 1.90 bits per heavy atom. The zero-order valence-electron chi connectivity index (χ0n) is 12.7. The van der Waals surface area contributed by atoms with Gasteiger partial charge in [-0.15, -0.1) is 0 Å². The third-order valence-corrected chi connectivity index (χ3v) is 3.62. The lowest BCUT2D eigenvalue weighted by molar-refractivity contribution is 0.404. The van der Waals surface area contributed by atoms with Crippen molar-refractivity contribution in [3.8, 4) is 11.5 Å². The van der Waals surface area contributed by atoms with Crippen LogP contribution in [0.5, 0.6) is 11.5 Å². The summed E-state index contributed by atoms with van der Waals surface area (Å²) in [6.45, 7) is 2.73. The van der Waals surface area contributed by atoms with Gasteiger partial charge in [0, 0.05) is 19.2 Å². The molecule has 0 spiro atoms. The average Bonchev–Trinajstić information content (AvgIpc) is 2.86. The first-order valence-corrected chi connectivity index (χ1v) is 7.14. The normalized spacial score (nSPS) is 10.5. The monoisotopic (exact) mass is 309 g/mol. The van der Waals surface area contributed by atoms with Crippen molar-refractivity contribution in [1.29, 1.82) is 0 Å². The van der Waals surface area contributed by atoms with Crippen LogP contribution in [0.2, 0.25) is 5.02 Å². The highest BCUT2D eigenvalue weighted by atomic mass is 35.5. The second kappa shape index (κ2) is 6.72. The van der Waals surface area contributed by atoms with E-state index in [1.165, 1.54) is 0 Å². The van der Waals surface area contributed by atoms with Crippen molar-refractivity contribution in [1.82, 2.24) is 9.78 Å². The summed E-state index contributed by atoms with van der Waals surface area (Å²) in [6.07, 6.45) is 0.923. The smallest absolute Gasteiger partial charge is 0.143 e. The van der Waals surface area contributed by atoms with Crippen molar-refractivity contribution in [2.24, 2.45) is 7.05 Å². The Morgan fingerprint density at radius 1 is 1.19 bits per heavy atom. The van der Waals surface area contributed by atoms with Gasteiger partial charge in [0.1, 0.15) is 11.5 Å². The molecule has 0 aliphatic rings. The molecule has 0 radical (unpaired) electrons. The minimum Gasteiger partial charge on any atom is -0.495 e. The zero-order chi connectivity index (χ0) is 15.4. The van der Waals surface area contributed by atoms with E-state index in [0.717, 1.165) is 23.5 Å². The van der Waals surface area contributed by atoms with E-state index in [2.05, 4.69) is 23.4 Å². The molecule has 0 saturated carbocycles. The van der Waals surface area contributed by atoms with Crippen LogP contribution in [0.4, 0.5) is 5.69 Å². The van der Waals surface area contributed by atoms with Gasteiger partial charge in [-0.3, -0.25) is 4.68 Å². The highest BCUT2D eigenvalue weighted by Gasteiger charge is 2.11. The van der Waals surface area contributed by atoms with Crippen molar-refractivity contribution < 1.29 is 9.47 Å².